The normalized spacial score (nSPS) is 20.5. The van der Waals surface area contributed by atoms with Crippen molar-refractivity contribution in [1.82, 2.24) is 4.98 Å². The molecule has 1 atom stereocenters. The summed E-state index contributed by atoms with van der Waals surface area (Å²) < 4.78 is 24.5. The highest BCUT2D eigenvalue weighted by Gasteiger charge is 2.17. The number of hydrogen-bond acceptors (Lipinski definition) is 3. The third-order valence-electron chi connectivity index (χ3n) is 2.20. The summed E-state index contributed by atoms with van der Waals surface area (Å²) in [5.41, 5.74) is 0. The van der Waals surface area contributed by atoms with Gasteiger partial charge in [-0.15, -0.1) is 0 Å². The summed E-state index contributed by atoms with van der Waals surface area (Å²) in [5, 5.41) is 0. The highest BCUT2D eigenvalue weighted by atomic mass is 79.9. The Kier molecular flexibility index (Phi) is 3.53. The van der Waals surface area contributed by atoms with Crippen molar-refractivity contribution in [2.45, 2.75) is 18.9 Å². The smallest absolute Gasteiger partial charge is 0.250 e. The third-order valence-corrected chi connectivity index (χ3v) is 2.64. The zero-order chi connectivity index (χ0) is 10.7. The molecule has 82 valence electrons. The fraction of sp³-hybridized carbons (Fsp3) is 0.500. The minimum absolute atomic E-state index is 0.0358. The van der Waals surface area contributed by atoms with Crippen LogP contribution in [0.15, 0.2) is 16.7 Å². The average Bonchev–Trinajstić information content (AvgIpc) is 2.69. The molecule has 1 aliphatic rings. The molecule has 0 aliphatic carbocycles. The van der Waals surface area contributed by atoms with E-state index in [0.29, 0.717) is 11.1 Å². The molecule has 1 aromatic rings. The Hall–Kier alpha value is -0.680. The minimum atomic E-state index is -0.456. The summed E-state index contributed by atoms with van der Waals surface area (Å²) in [4.78, 5) is 3.84. The summed E-state index contributed by atoms with van der Waals surface area (Å²) >= 11 is 3.13. The number of aromatic nitrogens is 1. The zero-order valence-electron chi connectivity index (χ0n) is 8.08. The highest BCUT2D eigenvalue weighted by molar-refractivity contribution is 9.10. The number of halogens is 2. The second-order valence-electron chi connectivity index (χ2n) is 3.39. The summed E-state index contributed by atoms with van der Waals surface area (Å²) in [6, 6.07) is 1.33. The molecule has 1 aromatic heterocycles. The lowest BCUT2D eigenvalue weighted by molar-refractivity contribution is 0.0648. The summed E-state index contributed by atoms with van der Waals surface area (Å²) in [7, 11) is 0. The number of pyridine rings is 1. The van der Waals surface area contributed by atoms with Crippen LogP contribution < -0.4 is 4.74 Å². The first-order chi connectivity index (χ1) is 7.25. The van der Waals surface area contributed by atoms with Crippen LogP contribution >= 0.6 is 15.9 Å². The lowest BCUT2D eigenvalue weighted by Crippen LogP contribution is -2.17. The van der Waals surface area contributed by atoms with Gasteiger partial charge in [0.15, 0.2) is 5.82 Å². The van der Waals surface area contributed by atoms with Gasteiger partial charge in [-0.25, -0.2) is 9.37 Å². The zero-order valence-corrected chi connectivity index (χ0v) is 9.67. The maximum atomic E-state index is 13.3. The van der Waals surface area contributed by atoms with Gasteiger partial charge in [0.2, 0.25) is 0 Å². The van der Waals surface area contributed by atoms with Gasteiger partial charge in [0.1, 0.15) is 6.61 Å². The van der Waals surface area contributed by atoms with E-state index in [4.69, 9.17) is 9.47 Å². The van der Waals surface area contributed by atoms with Gasteiger partial charge in [0.05, 0.1) is 6.10 Å². The van der Waals surface area contributed by atoms with E-state index in [1.807, 2.05) is 0 Å². The molecular formula is C10H11BrFNO2. The fourth-order valence-corrected chi connectivity index (χ4v) is 1.76. The van der Waals surface area contributed by atoms with E-state index in [9.17, 15) is 4.39 Å². The van der Waals surface area contributed by atoms with Crippen LogP contribution in [0.5, 0.6) is 5.88 Å². The molecule has 0 N–H and O–H groups in total. The Morgan fingerprint density at radius 2 is 2.53 bits per heavy atom. The first-order valence-corrected chi connectivity index (χ1v) is 5.60. The second-order valence-corrected chi connectivity index (χ2v) is 4.30. The standard InChI is InChI=1S/C10H11BrFNO2/c11-7-4-9(12)10(13-5-7)15-6-8-2-1-3-14-8/h4-5,8H,1-3,6H2. The first kappa shape index (κ1) is 10.8. The minimum Gasteiger partial charge on any atom is -0.473 e. The lowest BCUT2D eigenvalue weighted by atomic mass is 10.2. The van der Waals surface area contributed by atoms with Crippen molar-refractivity contribution in [2.24, 2.45) is 0 Å². The molecule has 1 unspecified atom stereocenters. The van der Waals surface area contributed by atoms with Crippen LogP contribution in [0.2, 0.25) is 0 Å². The molecule has 0 bridgehead atoms. The average molecular weight is 276 g/mol. The van der Waals surface area contributed by atoms with Crippen molar-refractivity contribution in [3.63, 3.8) is 0 Å². The molecule has 5 heteroatoms. The number of hydrogen-bond donors (Lipinski definition) is 0. The maximum absolute atomic E-state index is 13.3. The van der Waals surface area contributed by atoms with E-state index in [2.05, 4.69) is 20.9 Å². The molecule has 2 heterocycles. The molecule has 0 amide bonds. The van der Waals surface area contributed by atoms with Gasteiger partial charge in [-0.1, -0.05) is 0 Å². The molecule has 1 aliphatic heterocycles. The molecule has 15 heavy (non-hydrogen) atoms. The topological polar surface area (TPSA) is 31.4 Å². The van der Waals surface area contributed by atoms with Gasteiger partial charge in [-0.05, 0) is 34.8 Å². The highest BCUT2D eigenvalue weighted by Crippen LogP contribution is 2.19. The number of nitrogens with zero attached hydrogens (tertiary/aromatic N) is 1. The van der Waals surface area contributed by atoms with Crippen LogP contribution in [0.1, 0.15) is 12.8 Å². The van der Waals surface area contributed by atoms with E-state index in [0.717, 1.165) is 19.4 Å². The van der Waals surface area contributed by atoms with Crippen LogP contribution in [0.3, 0.4) is 0 Å². The first-order valence-electron chi connectivity index (χ1n) is 4.81. The van der Waals surface area contributed by atoms with Gasteiger partial charge in [0, 0.05) is 17.3 Å². The van der Waals surface area contributed by atoms with Crippen LogP contribution in [0.25, 0.3) is 0 Å². The maximum Gasteiger partial charge on any atom is 0.250 e. The molecule has 0 spiro atoms. The lowest BCUT2D eigenvalue weighted by Gasteiger charge is -2.10. The third kappa shape index (κ3) is 2.89. The SMILES string of the molecule is Fc1cc(Br)cnc1OCC1CCCO1. The molecule has 0 saturated carbocycles. The van der Waals surface area contributed by atoms with E-state index in [1.54, 1.807) is 0 Å². The van der Waals surface area contributed by atoms with E-state index < -0.39 is 5.82 Å². The largest absolute Gasteiger partial charge is 0.473 e. The van der Waals surface area contributed by atoms with Crippen LogP contribution in [0, 0.1) is 5.82 Å². The van der Waals surface area contributed by atoms with Crippen molar-refractivity contribution in [2.75, 3.05) is 13.2 Å². The van der Waals surface area contributed by atoms with Crippen molar-refractivity contribution < 1.29 is 13.9 Å². The van der Waals surface area contributed by atoms with Crippen LogP contribution in [-0.2, 0) is 4.74 Å². The van der Waals surface area contributed by atoms with Crippen LogP contribution in [0.4, 0.5) is 4.39 Å². The Bertz CT molecular complexity index is 342. The Morgan fingerprint density at radius 3 is 3.20 bits per heavy atom. The number of rotatable bonds is 3. The Balaban J connectivity index is 1.92. The van der Waals surface area contributed by atoms with Gasteiger partial charge >= 0.3 is 0 Å². The van der Waals surface area contributed by atoms with Gasteiger partial charge in [0.25, 0.3) is 5.88 Å². The predicted molar refractivity (Wildman–Crippen MR) is 56.4 cm³/mol. The molecule has 1 saturated heterocycles. The van der Waals surface area contributed by atoms with Gasteiger partial charge in [-0.3, -0.25) is 0 Å². The second kappa shape index (κ2) is 4.90. The quantitative estimate of drug-likeness (QED) is 0.850. The molecule has 3 nitrogen and oxygen atoms in total. The van der Waals surface area contributed by atoms with Crippen molar-refractivity contribution >= 4 is 15.9 Å². The summed E-state index contributed by atoms with van der Waals surface area (Å²) in [6.45, 7) is 1.13. The predicted octanol–water partition coefficient (Wildman–Crippen LogP) is 2.54. The molecular weight excluding hydrogens is 265 g/mol. The monoisotopic (exact) mass is 275 g/mol. The Morgan fingerprint density at radius 1 is 1.67 bits per heavy atom. The van der Waals surface area contributed by atoms with E-state index in [1.165, 1.54) is 12.3 Å². The van der Waals surface area contributed by atoms with E-state index >= 15 is 0 Å². The van der Waals surface area contributed by atoms with Crippen molar-refractivity contribution in [3.8, 4) is 5.88 Å². The van der Waals surface area contributed by atoms with E-state index in [-0.39, 0.29) is 12.0 Å². The van der Waals surface area contributed by atoms with Gasteiger partial charge < -0.3 is 9.47 Å². The molecule has 0 aromatic carbocycles. The fourth-order valence-electron chi connectivity index (χ4n) is 1.46. The van der Waals surface area contributed by atoms with Gasteiger partial charge in [-0.2, -0.15) is 0 Å². The molecule has 2 rings (SSSR count). The summed E-state index contributed by atoms with van der Waals surface area (Å²) in [6.07, 6.45) is 3.60. The number of ether oxygens (including phenoxy) is 2. The molecule has 1 fully saturated rings. The van der Waals surface area contributed by atoms with Crippen molar-refractivity contribution in [1.29, 1.82) is 0 Å². The van der Waals surface area contributed by atoms with Crippen molar-refractivity contribution in [3.05, 3.63) is 22.6 Å². The Labute approximate surface area is 95.7 Å². The molecule has 0 radical (unpaired) electrons. The summed E-state index contributed by atoms with van der Waals surface area (Å²) in [5.74, 6) is -0.420. The van der Waals surface area contributed by atoms with Crippen LogP contribution in [-0.4, -0.2) is 24.3 Å².